The van der Waals surface area contributed by atoms with Crippen molar-refractivity contribution in [3.8, 4) is 23.0 Å². The van der Waals surface area contributed by atoms with Gasteiger partial charge in [0.25, 0.3) is 0 Å². The maximum absolute atomic E-state index is 7.14. The van der Waals surface area contributed by atoms with Gasteiger partial charge in [-0.3, -0.25) is 4.90 Å². The molecule has 0 aromatic heterocycles. The lowest BCUT2D eigenvalue weighted by atomic mass is 9.35. The first-order valence-electron chi connectivity index (χ1n) is 15.3. The molecule has 3 aliphatic heterocycles. The van der Waals surface area contributed by atoms with Gasteiger partial charge in [-0.2, -0.15) is 0 Å². The minimum absolute atomic E-state index is 0.0406. The zero-order valence-corrected chi connectivity index (χ0v) is 24.6. The van der Waals surface area contributed by atoms with E-state index in [2.05, 4.69) is 17.0 Å². The number of fused-ring (bicyclic) bond motifs is 3. The fourth-order valence-electron chi connectivity index (χ4n) is 10.3. The highest BCUT2D eigenvalue weighted by molar-refractivity contribution is 6.31. The van der Waals surface area contributed by atoms with Crippen molar-refractivity contribution in [3.05, 3.63) is 46.0 Å². The van der Waals surface area contributed by atoms with Gasteiger partial charge < -0.3 is 28.4 Å². The average Bonchev–Trinajstić information content (AvgIpc) is 3.56. The molecule has 0 N–H and O–H groups in total. The third kappa shape index (κ3) is 3.16. The second kappa shape index (κ2) is 8.68. The quantitative estimate of drug-likeness (QED) is 0.408. The Kier molecular flexibility index (Phi) is 5.36. The fourth-order valence-corrected chi connectivity index (χ4v) is 10.5. The number of hydrogen-bond acceptors (Lipinski definition) is 7. The van der Waals surface area contributed by atoms with E-state index in [-0.39, 0.29) is 29.6 Å². The van der Waals surface area contributed by atoms with Crippen LogP contribution in [0, 0.1) is 17.3 Å². The van der Waals surface area contributed by atoms with E-state index in [0.29, 0.717) is 30.0 Å². The Hall–Kier alpha value is -2.19. The van der Waals surface area contributed by atoms with Gasteiger partial charge in [0.2, 0.25) is 6.79 Å². The van der Waals surface area contributed by atoms with Crippen LogP contribution < -0.4 is 18.9 Å². The molecular formula is C33H38ClNO6. The molecule has 0 amide bonds. The molecule has 3 heterocycles. The highest BCUT2D eigenvalue weighted by Crippen LogP contribution is 2.76. The van der Waals surface area contributed by atoms with E-state index in [1.54, 1.807) is 7.11 Å². The summed E-state index contributed by atoms with van der Waals surface area (Å²) in [6, 6.07) is 8.75. The first kappa shape index (κ1) is 25.3. The predicted octanol–water partition coefficient (Wildman–Crippen LogP) is 5.52. The molecule has 5 aliphatic carbocycles. The van der Waals surface area contributed by atoms with Crippen LogP contribution in [0.15, 0.2) is 24.3 Å². The van der Waals surface area contributed by atoms with Gasteiger partial charge in [-0.25, -0.2) is 0 Å². The SMILES string of the molecule is COc1ccc2c3c1O[C@H]1[C@@]4(OC)CC[C@@]5(C[C@@H]4COCc4cc6c(cc4Cl)OCO6)[C@@H](C2)N(CC2CC2)CC[C@]315. The Morgan fingerprint density at radius 3 is 2.73 bits per heavy atom. The lowest BCUT2D eigenvalue weighted by molar-refractivity contribution is -0.283. The largest absolute Gasteiger partial charge is 0.493 e. The molecule has 8 aliphatic rings. The number of halogens is 1. The molecule has 6 atom stereocenters. The minimum atomic E-state index is -0.414. The molecule has 7 nitrogen and oxygen atoms in total. The van der Waals surface area contributed by atoms with Crippen molar-refractivity contribution in [2.45, 2.75) is 74.7 Å². The highest BCUT2D eigenvalue weighted by atomic mass is 35.5. The molecule has 2 aromatic rings. The Morgan fingerprint density at radius 1 is 1.07 bits per heavy atom. The second-order valence-corrected chi connectivity index (χ2v) is 13.9. The zero-order chi connectivity index (χ0) is 27.6. The van der Waals surface area contributed by atoms with Crippen LogP contribution in [0.5, 0.6) is 23.0 Å². The average molecular weight is 580 g/mol. The number of rotatable bonds is 8. The molecule has 1 saturated heterocycles. The summed E-state index contributed by atoms with van der Waals surface area (Å²) < 4.78 is 37.3. The molecule has 8 heteroatoms. The molecule has 0 radical (unpaired) electrons. The molecule has 0 unspecified atom stereocenters. The van der Waals surface area contributed by atoms with Crippen molar-refractivity contribution >= 4 is 11.6 Å². The number of hydrogen-bond donors (Lipinski definition) is 0. The van der Waals surface area contributed by atoms with E-state index >= 15 is 0 Å². The summed E-state index contributed by atoms with van der Waals surface area (Å²) in [7, 11) is 3.66. The smallest absolute Gasteiger partial charge is 0.231 e. The van der Waals surface area contributed by atoms with Crippen LogP contribution in [0.2, 0.25) is 5.02 Å². The second-order valence-electron chi connectivity index (χ2n) is 13.5. The fraction of sp³-hybridized carbons (Fsp3) is 0.636. The molecule has 2 spiro atoms. The maximum Gasteiger partial charge on any atom is 0.231 e. The van der Waals surface area contributed by atoms with Crippen LogP contribution in [-0.2, 0) is 27.9 Å². The van der Waals surface area contributed by atoms with Gasteiger partial charge in [0.05, 0.1) is 25.3 Å². The number of methoxy groups -OCH3 is 2. The highest BCUT2D eigenvalue weighted by Gasteiger charge is 2.80. The van der Waals surface area contributed by atoms with Crippen molar-refractivity contribution in [2.24, 2.45) is 17.3 Å². The summed E-state index contributed by atoms with van der Waals surface area (Å²) in [6.45, 7) is 3.64. The van der Waals surface area contributed by atoms with Gasteiger partial charge in [0.1, 0.15) is 11.7 Å². The molecular weight excluding hydrogens is 542 g/mol. The van der Waals surface area contributed by atoms with Crippen LogP contribution in [0.1, 0.15) is 55.2 Å². The lowest BCUT2D eigenvalue weighted by Crippen LogP contribution is -2.81. The molecule has 218 valence electrons. The number of ether oxygens (including phenoxy) is 6. The Balaban J connectivity index is 1.09. The first-order chi connectivity index (χ1) is 20.0. The Bertz CT molecular complexity index is 1430. The van der Waals surface area contributed by atoms with E-state index < -0.39 is 5.60 Å². The predicted molar refractivity (Wildman–Crippen MR) is 152 cm³/mol. The van der Waals surface area contributed by atoms with Gasteiger partial charge in [0.15, 0.2) is 23.0 Å². The topological polar surface area (TPSA) is 58.6 Å². The maximum atomic E-state index is 7.14. The summed E-state index contributed by atoms with van der Waals surface area (Å²) in [6.07, 6.45) is 8.21. The Morgan fingerprint density at radius 2 is 1.93 bits per heavy atom. The third-order valence-corrected chi connectivity index (χ3v) is 12.5. The van der Waals surface area contributed by atoms with Crippen molar-refractivity contribution in [3.63, 3.8) is 0 Å². The van der Waals surface area contributed by atoms with Crippen LogP contribution in [0.4, 0.5) is 0 Å². The van der Waals surface area contributed by atoms with E-state index in [0.717, 1.165) is 61.0 Å². The van der Waals surface area contributed by atoms with Crippen LogP contribution >= 0.6 is 11.6 Å². The summed E-state index contributed by atoms with van der Waals surface area (Å²) in [4.78, 5) is 2.88. The van der Waals surface area contributed by atoms with Crippen LogP contribution in [-0.4, -0.2) is 63.4 Å². The van der Waals surface area contributed by atoms with Crippen LogP contribution in [0.3, 0.4) is 0 Å². The molecule has 4 saturated carbocycles. The van der Waals surface area contributed by atoms with Gasteiger partial charge in [-0.15, -0.1) is 0 Å². The lowest BCUT2D eigenvalue weighted by Gasteiger charge is -2.74. The van der Waals surface area contributed by atoms with E-state index in [4.69, 9.17) is 40.0 Å². The van der Waals surface area contributed by atoms with Crippen molar-refractivity contribution in [2.75, 3.05) is 40.7 Å². The first-order valence-corrected chi connectivity index (χ1v) is 15.7. The van der Waals surface area contributed by atoms with E-state index in [1.807, 2.05) is 19.2 Å². The molecule has 10 rings (SSSR count). The van der Waals surface area contributed by atoms with Crippen molar-refractivity contribution in [1.82, 2.24) is 4.90 Å². The summed E-state index contributed by atoms with van der Waals surface area (Å²) in [5.41, 5.74) is 3.51. The van der Waals surface area contributed by atoms with Crippen LogP contribution in [0.25, 0.3) is 0 Å². The summed E-state index contributed by atoms with van der Waals surface area (Å²) in [5.74, 6) is 4.35. The zero-order valence-electron chi connectivity index (χ0n) is 23.9. The van der Waals surface area contributed by atoms with Gasteiger partial charge in [-0.05, 0) is 75.1 Å². The third-order valence-electron chi connectivity index (χ3n) is 12.1. The molecule has 41 heavy (non-hydrogen) atoms. The van der Waals surface area contributed by atoms with Crippen molar-refractivity contribution < 1.29 is 28.4 Å². The number of benzene rings is 2. The molecule has 4 bridgehead atoms. The standard InChI is InChI=1S/C33H38ClNO6/c1-36-24-6-5-20-12-27-31-7-8-33(37-2,22(14-31)17-38-16-21-11-25-26(13-23(21)34)40-18-39-25)30-32(31,28(20)29(24)41-30)9-10-35(27)15-19-3-4-19/h5-6,11,13,19,22,27,30H,3-4,7-10,12,14-18H2,1-2H3/t22-,27-,30-,31-,32+,33-/m1/s1. The summed E-state index contributed by atoms with van der Waals surface area (Å²) >= 11 is 6.60. The number of nitrogens with zero attached hydrogens (tertiary/aromatic N) is 1. The van der Waals surface area contributed by atoms with Gasteiger partial charge >= 0.3 is 0 Å². The van der Waals surface area contributed by atoms with E-state index in [1.165, 1.54) is 36.9 Å². The molecule has 2 aromatic carbocycles. The Labute approximate surface area is 246 Å². The van der Waals surface area contributed by atoms with Gasteiger partial charge in [0, 0.05) is 53.6 Å². The number of piperidine rings is 1. The normalized spacial score (nSPS) is 37.2. The monoisotopic (exact) mass is 579 g/mol. The van der Waals surface area contributed by atoms with E-state index in [9.17, 15) is 0 Å². The minimum Gasteiger partial charge on any atom is -0.493 e. The molecule has 5 fully saturated rings. The summed E-state index contributed by atoms with van der Waals surface area (Å²) in [5, 5.41) is 0.644. The van der Waals surface area contributed by atoms with Gasteiger partial charge in [-0.1, -0.05) is 17.7 Å². The number of likely N-dealkylation sites (tertiary alicyclic amines) is 1. The van der Waals surface area contributed by atoms with Crippen molar-refractivity contribution in [1.29, 1.82) is 0 Å².